The summed E-state index contributed by atoms with van der Waals surface area (Å²) >= 11 is 0. The average Bonchev–Trinajstić information content (AvgIpc) is 2.77. The highest BCUT2D eigenvalue weighted by Crippen LogP contribution is 2.26. The second-order valence-corrected chi connectivity index (χ2v) is 6.54. The number of rotatable bonds is 5. The minimum absolute atomic E-state index is 0.0862. The van der Waals surface area contributed by atoms with E-state index in [2.05, 4.69) is 10.6 Å². The number of nitrogens with one attached hydrogen (secondary N) is 2. The third-order valence-electron chi connectivity index (χ3n) is 4.46. The lowest BCUT2D eigenvalue weighted by Crippen LogP contribution is -2.49. The fourth-order valence-electron chi connectivity index (χ4n) is 3.19. The SMILES string of the molecule is C[C@@H]1C[C@H](NC(=O)[C@@H](C)NC(=O)CC2CCCCC2)C(=O)O1. The molecule has 0 aromatic heterocycles. The number of ether oxygens (including phenoxy) is 1. The molecule has 0 radical (unpaired) electrons. The monoisotopic (exact) mass is 310 g/mol. The molecule has 2 aliphatic rings. The summed E-state index contributed by atoms with van der Waals surface area (Å²) in [6.45, 7) is 3.43. The summed E-state index contributed by atoms with van der Waals surface area (Å²) in [7, 11) is 0. The zero-order valence-electron chi connectivity index (χ0n) is 13.4. The quantitative estimate of drug-likeness (QED) is 0.749. The Kier molecular flexibility index (Phi) is 5.80. The summed E-state index contributed by atoms with van der Waals surface area (Å²) < 4.78 is 5.00. The topological polar surface area (TPSA) is 84.5 Å². The molecule has 2 fully saturated rings. The fourth-order valence-corrected chi connectivity index (χ4v) is 3.19. The van der Waals surface area contributed by atoms with Crippen molar-refractivity contribution in [1.82, 2.24) is 10.6 Å². The lowest BCUT2D eigenvalue weighted by atomic mass is 9.87. The van der Waals surface area contributed by atoms with Gasteiger partial charge in [-0.3, -0.25) is 9.59 Å². The van der Waals surface area contributed by atoms with Gasteiger partial charge in [-0.25, -0.2) is 4.79 Å². The molecule has 6 nitrogen and oxygen atoms in total. The Labute approximate surface area is 131 Å². The molecule has 1 saturated carbocycles. The van der Waals surface area contributed by atoms with Crippen LogP contribution in [0.25, 0.3) is 0 Å². The number of hydrogen-bond donors (Lipinski definition) is 2. The zero-order chi connectivity index (χ0) is 16.1. The summed E-state index contributed by atoms with van der Waals surface area (Å²) in [5, 5.41) is 5.36. The van der Waals surface area contributed by atoms with Gasteiger partial charge >= 0.3 is 5.97 Å². The van der Waals surface area contributed by atoms with E-state index in [1.165, 1.54) is 19.3 Å². The standard InChI is InChI=1S/C16H26N2O4/c1-10-8-13(16(21)22-10)18-15(20)11(2)17-14(19)9-12-6-4-3-5-7-12/h10-13H,3-9H2,1-2H3,(H,17,19)(H,18,20)/t10-,11-,13+/m1/s1. The van der Waals surface area contributed by atoms with E-state index in [1.807, 2.05) is 0 Å². The smallest absolute Gasteiger partial charge is 0.329 e. The van der Waals surface area contributed by atoms with Gasteiger partial charge in [0.2, 0.25) is 11.8 Å². The minimum Gasteiger partial charge on any atom is -0.461 e. The van der Waals surface area contributed by atoms with E-state index in [0.29, 0.717) is 18.8 Å². The highest BCUT2D eigenvalue weighted by atomic mass is 16.6. The Morgan fingerprint density at radius 2 is 1.95 bits per heavy atom. The van der Waals surface area contributed by atoms with Crippen molar-refractivity contribution in [2.45, 2.75) is 77.0 Å². The molecule has 0 spiro atoms. The highest BCUT2D eigenvalue weighted by Gasteiger charge is 2.34. The van der Waals surface area contributed by atoms with Crippen LogP contribution in [0.2, 0.25) is 0 Å². The van der Waals surface area contributed by atoms with Crippen LogP contribution in [0.4, 0.5) is 0 Å². The Hall–Kier alpha value is -1.59. The van der Waals surface area contributed by atoms with Crippen molar-refractivity contribution in [3.05, 3.63) is 0 Å². The van der Waals surface area contributed by atoms with Gasteiger partial charge in [0.15, 0.2) is 0 Å². The number of amides is 2. The zero-order valence-corrected chi connectivity index (χ0v) is 13.4. The molecule has 0 aromatic carbocycles. The maximum absolute atomic E-state index is 12.0. The first-order valence-corrected chi connectivity index (χ1v) is 8.26. The van der Waals surface area contributed by atoms with Crippen LogP contribution in [0.1, 0.15) is 58.8 Å². The van der Waals surface area contributed by atoms with E-state index < -0.39 is 18.1 Å². The average molecular weight is 310 g/mol. The fraction of sp³-hybridized carbons (Fsp3) is 0.812. The summed E-state index contributed by atoms with van der Waals surface area (Å²) in [5.74, 6) is -0.388. The predicted molar refractivity (Wildman–Crippen MR) is 80.9 cm³/mol. The maximum atomic E-state index is 12.0. The molecule has 1 saturated heterocycles. The van der Waals surface area contributed by atoms with Gasteiger partial charge in [-0.2, -0.15) is 0 Å². The van der Waals surface area contributed by atoms with Gasteiger partial charge < -0.3 is 15.4 Å². The van der Waals surface area contributed by atoms with Crippen LogP contribution in [0.5, 0.6) is 0 Å². The van der Waals surface area contributed by atoms with Gasteiger partial charge in [-0.05, 0) is 32.6 Å². The lowest BCUT2D eigenvalue weighted by Gasteiger charge is -2.22. The molecule has 124 valence electrons. The first kappa shape index (κ1) is 16.8. The number of carbonyl (C=O) groups excluding carboxylic acids is 3. The number of hydrogen-bond acceptors (Lipinski definition) is 4. The Morgan fingerprint density at radius 3 is 2.55 bits per heavy atom. The van der Waals surface area contributed by atoms with Crippen LogP contribution in [-0.4, -0.2) is 36.0 Å². The molecule has 0 bridgehead atoms. The second-order valence-electron chi connectivity index (χ2n) is 6.54. The highest BCUT2D eigenvalue weighted by molar-refractivity contribution is 5.91. The minimum atomic E-state index is -0.639. The number of esters is 1. The molecule has 1 aliphatic heterocycles. The molecule has 0 aromatic rings. The molecule has 6 heteroatoms. The number of cyclic esters (lactones) is 1. The molecule has 1 aliphatic carbocycles. The van der Waals surface area contributed by atoms with E-state index in [0.717, 1.165) is 12.8 Å². The van der Waals surface area contributed by atoms with Gasteiger partial charge in [0.1, 0.15) is 18.2 Å². The third-order valence-corrected chi connectivity index (χ3v) is 4.46. The van der Waals surface area contributed by atoms with Crippen LogP contribution in [-0.2, 0) is 19.1 Å². The van der Waals surface area contributed by atoms with Crippen molar-refractivity contribution in [1.29, 1.82) is 0 Å². The summed E-state index contributed by atoms with van der Waals surface area (Å²) in [6, 6.07) is -1.24. The van der Waals surface area contributed by atoms with Crippen molar-refractivity contribution < 1.29 is 19.1 Å². The maximum Gasteiger partial charge on any atom is 0.329 e. The summed E-state index contributed by atoms with van der Waals surface area (Å²) in [5.41, 5.74) is 0. The van der Waals surface area contributed by atoms with Gasteiger partial charge in [0.05, 0.1) is 0 Å². The molecule has 2 rings (SSSR count). The first-order chi connectivity index (χ1) is 10.5. The van der Waals surface area contributed by atoms with Crippen molar-refractivity contribution in [3.8, 4) is 0 Å². The molecular weight excluding hydrogens is 284 g/mol. The van der Waals surface area contributed by atoms with Crippen LogP contribution in [0, 0.1) is 5.92 Å². The molecule has 3 atom stereocenters. The van der Waals surface area contributed by atoms with Crippen molar-refractivity contribution in [2.24, 2.45) is 5.92 Å². The van der Waals surface area contributed by atoms with Crippen LogP contribution in [0.3, 0.4) is 0 Å². The van der Waals surface area contributed by atoms with E-state index in [4.69, 9.17) is 4.74 Å². The van der Waals surface area contributed by atoms with Gasteiger partial charge in [-0.15, -0.1) is 0 Å². The molecular formula is C16H26N2O4. The molecule has 2 N–H and O–H groups in total. The third kappa shape index (κ3) is 4.71. The van der Waals surface area contributed by atoms with E-state index in [1.54, 1.807) is 13.8 Å². The molecule has 22 heavy (non-hydrogen) atoms. The van der Waals surface area contributed by atoms with Crippen molar-refractivity contribution in [3.63, 3.8) is 0 Å². The molecule has 2 amide bonds. The lowest BCUT2D eigenvalue weighted by molar-refractivity contribution is -0.143. The van der Waals surface area contributed by atoms with Crippen LogP contribution >= 0.6 is 0 Å². The van der Waals surface area contributed by atoms with Gasteiger partial charge in [0.25, 0.3) is 0 Å². The largest absolute Gasteiger partial charge is 0.461 e. The Balaban J connectivity index is 1.73. The Morgan fingerprint density at radius 1 is 1.27 bits per heavy atom. The summed E-state index contributed by atoms with van der Waals surface area (Å²) in [4.78, 5) is 35.5. The molecule has 0 unspecified atom stereocenters. The first-order valence-electron chi connectivity index (χ1n) is 8.26. The Bertz CT molecular complexity index is 432. The van der Waals surface area contributed by atoms with Crippen molar-refractivity contribution >= 4 is 17.8 Å². The van der Waals surface area contributed by atoms with Gasteiger partial charge in [-0.1, -0.05) is 19.3 Å². The van der Waals surface area contributed by atoms with Crippen LogP contribution in [0.15, 0.2) is 0 Å². The van der Waals surface area contributed by atoms with Crippen molar-refractivity contribution in [2.75, 3.05) is 0 Å². The van der Waals surface area contributed by atoms with E-state index in [-0.39, 0.29) is 17.9 Å². The number of carbonyl (C=O) groups is 3. The molecule has 1 heterocycles. The van der Waals surface area contributed by atoms with Gasteiger partial charge in [0, 0.05) is 12.8 Å². The van der Waals surface area contributed by atoms with Crippen LogP contribution < -0.4 is 10.6 Å². The second kappa shape index (κ2) is 7.61. The summed E-state index contributed by atoms with van der Waals surface area (Å²) in [6.07, 6.45) is 6.63. The normalized spacial score (nSPS) is 27.1. The van der Waals surface area contributed by atoms with E-state index >= 15 is 0 Å². The van der Waals surface area contributed by atoms with E-state index in [9.17, 15) is 14.4 Å². The predicted octanol–water partition coefficient (Wildman–Crippen LogP) is 1.28.